The third kappa shape index (κ3) is 3.02. The van der Waals surface area contributed by atoms with Crippen molar-refractivity contribution in [1.29, 1.82) is 0 Å². The van der Waals surface area contributed by atoms with Crippen molar-refractivity contribution in [1.82, 2.24) is 19.6 Å². The number of aromatic nitrogens is 2. The zero-order valence-electron chi connectivity index (χ0n) is 13.3. The van der Waals surface area contributed by atoms with Crippen LogP contribution in [0.3, 0.4) is 0 Å². The number of aryl methyl sites for hydroxylation is 1. The molecule has 3 aromatic heterocycles. The number of rotatable bonds is 3. The Morgan fingerprint density at radius 2 is 2.42 bits per heavy atom. The predicted molar refractivity (Wildman–Crippen MR) is 89.0 cm³/mol. The molecule has 4 rings (SSSR count). The van der Waals surface area contributed by atoms with Gasteiger partial charge in [-0.25, -0.2) is 9.78 Å². The fourth-order valence-corrected chi connectivity index (χ4v) is 3.49. The van der Waals surface area contributed by atoms with E-state index in [2.05, 4.69) is 10.3 Å². The molecule has 4 heterocycles. The Bertz CT molecular complexity index is 824. The first-order valence-corrected chi connectivity index (χ1v) is 8.69. The van der Waals surface area contributed by atoms with E-state index in [0.717, 1.165) is 22.2 Å². The van der Waals surface area contributed by atoms with Crippen LogP contribution < -0.4 is 5.32 Å². The molecule has 1 saturated heterocycles. The van der Waals surface area contributed by atoms with Crippen LogP contribution in [0, 0.1) is 6.92 Å². The van der Waals surface area contributed by atoms with Gasteiger partial charge in [0.25, 0.3) is 0 Å². The lowest BCUT2D eigenvalue weighted by molar-refractivity contribution is -0.0263. The summed E-state index contributed by atoms with van der Waals surface area (Å²) in [5.74, 6) is 1.61. The largest absolute Gasteiger partial charge is 0.464 e. The Hall–Kier alpha value is -2.32. The van der Waals surface area contributed by atoms with Crippen LogP contribution in [0.4, 0.5) is 4.79 Å². The molecule has 1 atom stereocenters. The highest BCUT2D eigenvalue weighted by molar-refractivity contribution is 7.15. The second kappa shape index (κ2) is 6.29. The second-order valence-electron chi connectivity index (χ2n) is 5.74. The third-order valence-corrected chi connectivity index (χ3v) is 4.77. The van der Waals surface area contributed by atoms with Crippen molar-refractivity contribution in [2.24, 2.45) is 0 Å². The lowest BCUT2D eigenvalue weighted by Crippen LogP contribution is -2.46. The molecule has 126 valence electrons. The van der Waals surface area contributed by atoms with E-state index in [1.54, 1.807) is 16.2 Å². The van der Waals surface area contributed by atoms with Gasteiger partial charge in [0.15, 0.2) is 4.96 Å². The number of furan rings is 1. The molecule has 0 unspecified atom stereocenters. The maximum absolute atomic E-state index is 12.4. The van der Waals surface area contributed by atoms with Gasteiger partial charge in [-0.2, -0.15) is 0 Å². The summed E-state index contributed by atoms with van der Waals surface area (Å²) in [6, 6.07) is 3.70. The van der Waals surface area contributed by atoms with Crippen molar-refractivity contribution >= 4 is 22.3 Å². The Morgan fingerprint density at radius 1 is 1.50 bits per heavy atom. The minimum Gasteiger partial charge on any atom is -0.464 e. The molecule has 0 radical (unpaired) electrons. The highest BCUT2D eigenvalue weighted by atomic mass is 32.1. The number of nitrogens with one attached hydrogen (secondary N) is 1. The second-order valence-corrected chi connectivity index (χ2v) is 6.61. The van der Waals surface area contributed by atoms with Gasteiger partial charge in [-0.1, -0.05) is 0 Å². The summed E-state index contributed by atoms with van der Waals surface area (Å²) in [6.07, 6.45) is 3.67. The molecule has 3 aromatic rings. The number of nitrogens with zero attached hydrogens (tertiary/aromatic N) is 3. The van der Waals surface area contributed by atoms with Crippen molar-refractivity contribution in [2.45, 2.75) is 19.6 Å². The molecule has 0 spiro atoms. The van der Waals surface area contributed by atoms with Crippen molar-refractivity contribution < 1.29 is 13.9 Å². The number of hydrogen-bond donors (Lipinski definition) is 1. The van der Waals surface area contributed by atoms with E-state index in [-0.39, 0.29) is 12.1 Å². The van der Waals surface area contributed by atoms with E-state index in [1.807, 2.05) is 41.2 Å². The smallest absolute Gasteiger partial charge is 0.317 e. The maximum Gasteiger partial charge on any atom is 0.317 e. The Labute approximate surface area is 142 Å². The molecule has 1 aliphatic rings. The molecule has 7 nitrogen and oxygen atoms in total. The first-order valence-electron chi connectivity index (χ1n) is 7.81. The number of morpholine rings is 1. The van der Waals surface area contributed by atoms with Crippen LogP contribution in [-0.4, -0.2) is 40.0 Å². The van der Waals surface area contributed by atoms with Crippen molar-refractivity contribution in [2.75, 3.05) is 19.7 Å². The number of thiazole rings is 1. The zero-order chi connectivity index (χ0) is 16.5. The number of urea groups is 1. The summed E-state index contributed by atoms with van der Waals surface area (Å²) in [5.41, 5.74) is 0.849. The van der Waals surface area contributed by atoms with Crippen molar-refractivity contribution in [3.63, 3.8) is 0 Å². The van der Waals surface area contributed by atoms with Gasteiger partial charge in [0.05, 0.1) is 25.4 Å². The Morgan fingerprint density at radius 3 is 3.21 bits per heavy atom. The lowest BCUT2D eigenvalue weighted by atomic mass is 10.2. The van der Waals surface area contributed by atoms with Crippen LogP contribution in [0.15, 0.2) is 34.3 Å². The molecule has 1 aliphatic heterocycles. The summed E-state index contributed by atoms with van der Waals surface area (Å²) < 4.78 is 13.3. The molecule has 24 heavy (non-hydrogen) atoms. The lowest BCUT2D eigenvalue weighted by Gasteiger charge is -2.31. The standard InChI is InChI=1S/C16H18N4O3S/c1-11-2-3-13(23-11)14-10-19(4-6-22-14)15(21)17-8-12-9-20-5-7-24-16(20)18-12/h2-3,5,7,9,14H,4,6,8,10H2,1H3,(H,17,21)/t14-/m0/s1. The van der Waals surface area contributed by atoms with Crippen molar-refractivity contribution in [3.05, 3.63) is 47.1 Å². The Balaban J connectivity index is 1.36. The van der Waals surface area contributed by atoms with E-state index >= 15 is 0 Å². The molecule has 0 bridgehead atoms. The van der Waals surface area contributed by atoms with E-state index in [4.69, 9.17) is 9.15 Å². The molecule has 0 saturated carbocycles. The van der Waals surface area contributed by atoms with Gasteiger partial charge >= 0.3 is 6.03 Å². The first-order chi connectivity index (χ1) is 11.7. The Kier molecular flexibility index (Phi) is 3.99. The van der Waals surface area contributed by atoms with E-state index in [0.29, 0.717) is 26.2 Å². The number of fused-ring (bicyclic) bond motifs is 1. The zero-order valence-corrected chi connectivity index (χ0v) is 14.1. The van der Waals surface area contributed by atoms with Gasteiger partial charge in [-0.05, 0) is 19.1 Å². The normalized spacial score (nSPS) is 18.2. The van der Waals surface area contributed by atoms with E-state index in [1.165, 1.54) is 0 Å². The van der Waals surface area contributed by atoms with E-state index < -0.39 is 0 Å². The first kappa shape index (κ1) is 15.2. The topological polar surface area (TPSA) is 72.0 Å². The summed E-state index contributed by atoms with van der Waals surface area (Å²) in [7, 11) is 0. The fraction of sp³-hybridized carbons (Fsp3) is 0.375. The van der Waals surface area contributed by atoms with Gasteiger partial charge < -0.3 is 19.4 Å². The number of hydrogen-bond acceptors (Lipinski definition) is 5. The van der Waals surface area contributed by atoms with Crippen LogP contribution in [0.25, 0.3) is 4.96 Å². The van der Waals surface area contributed by atoms with Gasteiger partial charge in [-0.15, -0.1) is 11.3 Å². The maximum atomic E-state index is 12.4. The molecule has 1 N–H and O–H groups in total. The molecule has 2 amide bonds. The molecule has 0 aromatic carbocycles. The average molecular weight is 346 g/mol. The van der Waals surface area contributed by atoms with Gasteiger partial charge in [0, 0.05) is 24.3 Å². The van der Waals surface area contributed by atoms with Crippen LogP contribution >= 0.6 is 11.3 Å². The number of imidazole rings is 1. The third-order valence-electron chi connectivity index (χ3n) is 4.00. The number of carbonyl (C=O) groups excluding carboxylic acids is 1. The molecule has 1 fully saturated rings. The SMILES string of the molecule is Cc1ccc([C@@H]2CN(C(=O)NCc3cn4ccsc4n3)CCO2)o1. The van der Waals surface area contributed by atoms with Crippen LogP contribution in [-0.2, 0) is 11.3 Å². The number of carbonyl (C=O) groups is 1. The summed E-state index contributed by atoms with van der Waals surface area (Å²) in [6.45, 7) is 3.86. The van der Waals surface area contributed by atoms with Crippen LogP contribution in [0.5, 0.6) is 0 Å². The summed E-state index contributed by atoms with van der Waals surface area (Å²) in [5, 5.41) is 4.91. The van der Waals surface area contributed by atoms with Gasteiger partial charge in [0.2, 0.25) is 0 Å². The minimum atomic E-state index is -0.212. The van der Waals surface area contributed by atoms with Gasteiger partial charge in [-0.3, -0.25) is 4.40 Å². The number of amides is 2. The van der Waals surface area contributed by atoms with Crippen LogP contribution in [0.1, 0.15) is 23.3 Å². The predicted octanol–water partition coefficient (Wildman–Crippen LogP) is 2.58. The molecule has 8 heteroatoms. The number of ether oxygens (including phenoxy) is 1. The van der Waals surface area contributed by atoms with Crippen LogP contribution in [0.2, 0.25) is 0 Å². The fourth-order valence-electron chi connectivity index (χ4n) is 2.77. The van der Waals surface area contributed by atoms with Crippen molar-refractivity contribution in [3.8, 4) is 0 Å². The van der Waals surface area contributed by atoms with E-state index in [9.17, 15) is 4.79 Å². The highest BCUT2D eigenvalue weighted by Gasteiger charge is 2.27. The monoisotopic (exact) mass is 346 g/mol. The highest BCUT2D eigenvalue weighted by Crippen LogP contribution is 2.24. The quantitative estimate of drug-likeness (QED) is 0.791. The summed E-state index contributed by atoms with van der Waals surface area (Å²) in [4.78, 5) is 19.6. The summed E-state index contributed by atoms with van der Waals surface area (Å²) >= 11 is 1.57. The average Bonchev–Trinajstić information content (AvgIpc) is 3.28. The van der Waals surface area contributed by atoms with Gasteiger partial charge in [0.1, 0.15) is 17.6 Å². The molecular weight excluding hydrogens is 328 g/mol. The molecule has 0 aliphatic carbocycles. The minimum absolute atomic E-state index is 0.108. The molecular formula is C16H18N4O3S.